The lowest BCUT2D eigenvalue weighted by atomic mass is 9.64. The van der Waals surface area contributed by atoms with Crippen molar-refractivity contribution in [1.82, 2.24) is 0 Å². The topological polar surface area (TPSA) is 81.4 Å². The molecule has 1 aliphatic rings. The highest BCUT2D eigenvalue weighted by molar-refractivity contribution is 7.89. The fraction of sp³-hybridized carbons (Fsp3) is 0.571. The Morgan fingerprint density at radius 3 is 2.70 bits per heavy atom. The number of rotatable bonds is 5. The first kappa shape index (κ1) is 15.3. The second kappa shape index (κ2) is 5.35. The van der Waals surface area contributed by atoms with Crippen LogP contribution in [0, 0.1) is 5.41 Å². The van der Waals surface area contributed by atoms with Gasteiger partial charge in [0.15, 0.2) is 0 Å². The van der Waals surface area contributed by atoms with E-state index in [-0.39, 0.29) is 22.5 Å². The molecule has 0 spiro atoms. The van der Waals surface area contributed by atoms with Gasteiger partial charge in [-0.05, 0) is 31.5 Å². The molecule has 0 aromatic heterocycles. The van der Waals surface area contributed by atoms with Crippen LogP contribution in [-0.4, -0.2) is 27.2 Å². The molecule has 3 N–H and O–H groups in total. The summed E-state index contributed by atoms with van der Waals surface area (Å²) in [6.07, 6.45) is 1.16. The lowest BCUT2D eigenvalue weighted by molar-refractivity contribution is -0.0976. The summed E-state index contributed by atoms with van der Waals surface area (Å²) in [6, 6.07) is 6.86. The number of ether oxygens (including phenoxy) is 1. The zero-order valence-corrected chi connectivity index (χ0v) is 12.9. The fourth-order valence-corrected chi connectivity index (χ4v) is 3.14. The Balaban J connectivity index is 2.09. The molecule has 2 rings (SSSR count). The molecule has 0 heterocycles. The Kier molecular flexibility index (Phi) is 4.09. The smallest absolute Gasteiger partial charge is 0.238 e. The van der Waals surface area contributed by atoms with E-state index in [1.807, 2.05) is 13.0 Å². The largest absolute Gasteiger partial charge is 0.382 e. The first-order valence-electron chi connectivity index (χ1n) is 6.76. The van der Waals surface area contributed by atoms with Gasteiger partial charge >= 0.3 is 0 Å². The molecule has 6 heteroatoms. The van der Waals surface area contributed by atoms with Gasteiger partial charge in [-0.25, -0.2) is 13.6 Å². The number of benzene rings is 1. The zero-order valence-electron chi connectivity index (χ0n) is 12.1. The summed E-state index contributed by atoms with van der Waals surface area (Å²) in [5.41, 5.74) is 0.790. The van der Waals surface area contributed by atoms with Crippen LogP contribution in [0.2, 0.25) is 0 Å². The Bertz CT molecular complexity index is 584. The Morgan fingerprint density at radius 1 is 1.45 bits per heavy atom. The second-order valence-corrected chi connectivity index (χ2v) is 7.33. The van der Waals surface area contributed by atoms with E-state index < -0.39 is 10.0 Å². The summed E-state index contributed by atoms with van der Waals surface area (Å²) in [4.78, 5) is 0.126. The van der Waals surface area contributed by atoms with Crippen LogP contribution >= 0.6 is 0 Å². The predicted octanol–water partition coefficient (Wildman–Crippen LogP) is 1.95. The molecule has 1 fully saturated rings. The van der Waals surface area contributed by atoms with E-state index in [0.29, 0.717) is 6.61 Å². The van der Waals surface area contributed by atoms with Gasteiger partial charge in [0.05, 0.1) is 11.0 Å². The van der Waals surface area contributed by atoms with Crippen molar-refractivity contribution in [3.8, 4) is 0 Å². The highest BCUT2D eigenvalue weighted by Gasteiger charge is 2.48. The molecule has 112 valence electrons. The minimum absolute atomic E-state index is 0.0214. The van der Waals surface area contributed by atoms with Gasteiger partial charge in [0, 0.05) is 23.8 Å². The maximum atomic E-state index is 11.3. The molecular formula is C14H22N2O3S. The van der Waals surface area contributed by atoms with E-state index in [9.17, 15) is 8.42 Å². The van der Waals surface area contributed by atoms with Crippen LogP contribution in [-0.2, 0) is 14.8 Å². The number of hydrogen-bond donors (Lipinski definition) is 2. The molecule has 5 nitrogen and oxygen atoms in total. The summed E-state index contributed by atoms with van der Waals surface area (Å²) < 4.78 is 28.4. The number of nitrogens with two attached hydrogens (primary N) is 1. The van der Waals surface area contributed by atoms with Gasteiger partial charge in [0.2, 0.25) is 10.0 Å². The molecule has 0 aliphatic heterocycles. The number of sulfonamides is 1. The van der Waals surface area contributed by atoms with Crippen molar-refractivity contribution in [2.75, 3.05) is 11.9 Å². The average molecular weight is 298 g/mol. The molecule has 2 atom stereocenters. The van der Waals surface area contributed by atoms with E-state index in [1.165, 1.54) is 6.07 Å². The summed E-state index contributed by atoms with van der Waals surface area (Å²) >= 11 is 0. The minimum atomic E-state index is -3.66. The SMILES string of the molecule is CCOC1CC(Nc2cccc(S(N)(=O)=O)c2)C1(C)C. The molecule has 1 aromatic carbocycles. The lowest BCUT2D eigenvalue weighted by Crippen LogP contribution is -2.58. The van der Waals surface area contributed by atoms with Gasteiger partial charge in [-0.3, -0.25) is 0 Å². The monoisotopic (exact) mass is 298 g/mol. The summed E-state index contributed by atoms with van der Waals surface area (Å²) in [5.74, 6) is 0. The molecule has 1 saturated carbocycles. The number of primary sulfonamides is 1. The molecule has 1 aliphatic carbocycles. The van der Waals surface area contributed by atoms with Gasteiger partial charge in [-0.1, -0.05) is 19.9 Å². The van der Waals surface area contributed by atoms with E-state index in [2.05, 4.69) is 19.2 Å². The van der Waals surface area contributed by atoms with Crippen LogP contribution in [0.25, 0.3) is 0 Å². The van der Waals surface area contributed by atoms with Crippen molar-refractivity contribution in [2.45, 2.75) is 44.2 Å². The third kappa shape index (κ3) is 2.97. The maximum absolute atomic E-state index is 11.3. The number of hydrogen-bond acceptors (Lipinski definition) is 4. The molecule has 0 radical (unpaired) electrons. The minimum Gasteiger partial charge on any atom is -0.382 e. The molecule has 2 unspecified atom stereocenters. The summed E-state index contributed by atoms with van der Waals surface area (Å²) in [5, 5.41) is 8.51. The molecule has 20 heavy (non-hydrogen) atoms. The van der Waals surface area contributed by atoms with Gasteiger partial charge in [-0.15, -0.1) is 0 Å². The van der Waals surface area contributed by atoms with E-state index in [1.54, 1.807) is 12.1 Å². The lowest BCUT2D eigenvalue weighted by Gasteiger charge is -2.52. The van der Waals surface area contributed by atoms with Crippen molar-refractivity contribution in [3.05, 3.63) is 24.3 Å². The third-order valence-electron chi connectivity index (χ3n) is 4.05. The zero-order chi connectivity index (χ0) is 15.0. The summed E-state index contributed by atoms with van der Waals surface area (Å²) in [6.45, 7) is 7.00. The first-order chi connectivity index (χ1) is 9.25. The van der Waals surface area contributed by atoms with Crippen LogP contribution in [0.15, 0.2) is 29.2 Å². The number of nitrogens with one attached hydrogen (secondary N) is 1. The van der Waals surface area contributed by atoms with Crippen molar-refractivity contribution >= 4 is 15.7 Å². The van der Waals surface area contributed by atoms with Crippen LogP contribution in [0.4, 0.5) is 5.69 Å². The molecule has 0 bridgehead atoms. The molecule has 0 amide bonds. The average Bonchev–Trinajstić information content (AvgIpc) is 2.37. The Morgan fingerprint density at radius 2 is 2.15 bits per heavy atom. The van der Waals surface area contributed by atoms with Gasteiger partial charge in [0.1, 0.15) is 0 Å². The van der Waals surface area contributed by atoms with E-state index >= 15 is 0 Å². The second-order valence-electron chi connectivity index (χ2n) is 5.77. The standard InChI is InChI=1S/C14H22N2O3S/c1-4-19-13-9-12(14(13,2)3)16-10-6-5-7-11(8-10)20(15,17)18/h5-8,12-13,16H,4,9H2,1-3H3,(H2,15,17,18). The van der Waals surface area contributed by atoms with Crippen molar-refractivity contribution in [3.63, 3.8) is 0 Å². The Labute approximate surface area is 120 Å². The predicted molar refractivity (Wildman–Crippen MR) is 79.0 cm³/mol. The first-order valence-corrected chi connectivity index (χ1v) is 8.30. The van der Waals surface area contributed by atoms with Crippen molar-refractivity contribution in [1.29, 1.82) is 0 Å². The van der Waals surface area contributed by atoms with Crippen LogP contribution in [0.1, 0.15) is 27.2 Å². The summed E-state index contributed by atoms with van der Waals surface area (Å²) in [7, 11) is -3.66. The van der Waals surface area contributed by atoms with Crippen molar-refractivity contribution < 1.29 is 13.2 Å². The van der Waals surface area contributed by atoms with E-state index in [4.69, 9.17) is 9.88 Å². The molecular weight excluding hydrogens is 276 g/mol. The normalized spacial score (nSPS) is 25.0. The quantitative estimate of drug-likeness (QED) is 0.870. The Hall–Kier alpha value is -1.11. The fourth-order valence-electron chi connectivity index (χ4n) is 2.58. The van der Waals surface area contributed by atoms with Crippen LogP contribution in [0.5, 0.6) is 0 Å². The van der Waals surface area contributed by atoms with Crippen LogP contribution < -0.4 is 10.5 Å². The molecule has 0 saturated heterocycles. The van der Waals surface area contributed by atoms with E-state index in [0.717, 1.165) is 12.1 Å². The molecule has 1 aromatic rings. The van der Waals surface area contributed by atoms with Crippen molar-refractivity contribution in [2.24, 2.45) is 10.6 Å². The highest BCUT2D eigenvalue weighted by Crippen LogP contribution is 2.44. The highest BCUT2D eigenvalue weighted by atomic mass is 32.2. The number of anilines is 1. The van der Waals surface area contributed by atoms with Gasteiger partial charge < -0.3 is 10.1 Å². The van der Waals surface area contributed by atoms with Gasteiger partial charge in [0.25, 0.3) is 0 Å². The van der Waals surface area contributed by atoms with Gasteiger partial charge in [-0.2, -0.15) is 0 Å². The third-order valence-corrected chi connectivity index (χ3v) is 4.96. The van der Waals surface area contributed by atoms with Crippen LogP contribution in [0.3, 0.4) is 0 Å². The maximum Gasteiger partial charge on any atom is 0.238 e.